The Morgan fingerprint density at radius 3 is 2.43 bits per heavy atom. The van der Waals surface area contributed by atoms with Gasteiger partial charge in [0.2, 0.25) is 0 Å². The van der Waals surface area contributed by atoms with Crippen molar-refractivity contribution in [3.8, 4) is 11.5 Å². The predicted molar refractivity (Wildman–Crippen MR) is 90.2 cm³/mol. The minimum atomic E-state index is -0.283. The number of methoxy groups -OCH3 is 1. The van der Waals surface area contributed by atoms with Gasteiger partial charge in [0.25, 0.3) is 0 Å². The van der Waals surface area contributed by atoms with Gasteiger partial charge in [0, 0.05) is 11.6 Å². The molecule has 6 heteroatoms. The van der Waals surface area contributed by atoms with E-state index >= 15 is 0 Å². The Balaban J connectivity index is 1.66. The van der Waals surface area contributed by atoms with Crippen molar-refractivity contribution < 1.29 is 14.3 Å². The lowest BCUT2D eigenvalue weighted by Gasteiger charge is -2.11. The molecule has 2 amide bonds. The summed E-state index contributed by atoms with van der Waals surface area (Å²) in [5, 5.41) is 6.10. The number of hydrogen-bond acceptors (Lipinski definition) is 3. The van der Waals surface area contributed by atoms with Gasteiger partial charge in [0.05, 0.1) is 7.11 Å². The molecular weight excluding hydrogens is 316 g/mol. The van der Waals surface area contributed by atoms with E-state index < -0.39 is 0 Å². The van der Waals surface area contributed by atoms with Gasteiger partial charge in [-0.15, -0.1) is 0 Å². The van der Waals surface area contributed by atoms with E-state index in [-0.39, 0.29) is 12.8 Å². The molecule has 0 saturated heterocycles. The number of carbonyl (C=O) groups excluding carboxylic acids is 1. The smallest absolute Gasteiger partial charge is 0.317 e. The maximum atomic E-state index is 11.7. The molecule has 0 aliphatic heterocycles. The summed E-state index contributed by atoms with van der Waals surface area (Å²) in [6.07, 6.45) is 0.734. The number of carbonyl (C=O) groups is 1. The highest BCUT2D eigenvalue weighted by Gasteiger charge is 2.04. The fourth-order valence-corrected chi connectivity index (χ4v) is 2.08. The van der Waals surface area contributed by atoms with Gasteiger partial charge in [-0.1, -0.05) is 35.9 Å². The van der Waals surface area contributed by atoms with Crippen LogP contribution in [-0.2, 0) is 6.42 Å². The number of halogens is 1. The first kappa shape index (κ1) is 17.0. The molecule has 5 nitrogen and oxygen atoms in total. The number of benzene rings is 2. The van der Waals surface area contributed by atoms with Crippen LogP contribution in [-0.4, -0.2) is 26.4 Å². The number of hydrogen-bond donors (Lipinski definition) is 2. The number of urea groups is 1. The molecule has 0 heterocycles. The van der Waals surface area contributed by atoms with Gasteiger partial charge in [-0.05, 0) is 36.2 Å². The van der Waals surface area contributed by atoms with E-state index in [0.717, 1.165) is 12.0 Å². The fraction of sp³-hybridized carbons (Fsp3) is 0.235. The van der Waals surface area contributed by atoms with E-state index in [1.54, 1.807) is 19.2 Å². The van der Waals surface area contributed by atoms with Crippen molar-refractivity contribution in [3.05, 3.63) is 59.1 Å². The summed E-state index contributed by atoms with van der Waals surface area (Å²) in [5.41, 5.74) is 1.11. The molecule has 0 aliphatic rings. The lowest BCUT2D eigenvalue weighted by Crippen LogP contribution is -2.38. The van der Waals surface area contributed by atoms with Gasteiger partial charge in [-0.3, -0.25) is 0 Å². The Morgan fingerprint density at radius 1 is 1.04 bits per heavy atom. The van der Waals surface area contributed by atoms with Crippen molar-refractivity contribution >= 4 is 17.6 Å². The first-order valence-electron chi connectivity index (χ1n) is 7.21. The van der Waals surface area contributed by atoms with Crippen molar-refractivity contribution in [2.75, 3.05) is 20.4 Å². The highest BCUT2D eigenvalue weighted by molar-refractivity contribution is 6.30. The van der Waals surface area contributed by atoms with E-state index in [0.29, 0.717) is 23.1 Å². The molecule has 2 rings (SSSR count). The Bertz CT molecular complexity index is 632. The largest absolute Gasteiger partial charge is 0.493 e. The molecule has 0 bridgehead atoms. The van der Waals surface area contributed by atoms with Crippen molar-refractivity contribution in [2.24, 2.45) is 0 Å². The molecule has 0 unspecified atom stereocenters. The second kappa shape index (κ2) is 8.90. The van der Waals surface area contributed by atoms with Crippen LogP contribution in [0.2, 0.25) is 5.02 Å². The van der Waals surface area contributed by atoms with Gasteiger partial charge >= 0.3 is 6.03 Å². The Hall–Kier alpha value is -2.40. The Kier molecular flexibility index (Phi) is 6.56. The van der Waals surface area contributed by atoms with Crippen molar-refractivity contribution in [2.45, 2.75) is 6.42 Å². The fourth-order valence-electron chi connectivity index (χ4n) is 1.95. The summed E-state index contributed by atoms with van der Waals surface area (Å²) in [4.78, 5) is 11.7. The molecule has 2 aromatic rings. The van der Waals surface area contributed by atoms with E-state index in [1.807, 2.05) is 36.4 Å². The first-order valence-corrected chi connectivity index (χ1v) is 7.59. The third-order valence-electron chi connectivity index (χ3n) is 3.14. The van der Waals surface area contributed by atoms with E-state index in [9.17, 15) is 4.79 Å². The molecule has 23 heavy (non-hydrogen) atoms. The van der Waals surface area contributed by atoms with Gasteiger partial charge in [0.1, 0.15) is 0 Å². The Morgan fingerprint density at radius 2 is 1.74 bits per heavy atom. The molecule has 0 atom stereocenters. The first-order chi connectivity index (χ1) is 11.2. The standard InChI is InChI=1S/C17H19ClN2O3/c1-22-15-4-2-3-5-16(15)23-12-20-17(21)19-11-10-13-6-8-14(18)9-7-13/h2-9H,10-12H2,1H3,(H2,19,20,21). The van der Waals surface area contributed by atoms with Gasteiger partial charge in [0.15, 0.2) is 18.2 Å². The summed E-state index contributed by atoms with van der Waals surface area (Å²) >= 11 is 5.82. The molecular formula is C17H19ClN2O3. The van der Waals surface area contributed by atoms with Crippen LogP contribution in [0.3, 0.4) is 0 Å². The van der Waals surface area contributed by atoms with Crippen LogP contribution < -0.4 is 20.1 Å². The number of para-hydroxylation sites is 2. The third kappa shape index (κ3) is 5.71. The maximum absolute atomic E-state index is 11.7. The van der Waals surface area contributed by atoms with Crippen LogP contribution in [0.1, 0.15) is 5.56 Å². The molecule has 0 spiro atoms. The Labute approximate surface area is 140 Å². The van der Waals surface area contributed by atoms with Gasteiger partial charge in [-0.25, -0.2) is 4.79 Å². The predicted octanol–water partition coefficient (Wildman–Crippen LogP) is 3.23. The van der Waals surface area contributed by atoms with Crippen LogP contribution in [0.5, 0.6) is 11.5 Å². The van der Waals surface area contributed by atoms with Crippen LogP contribution in [0.4, 0.5) is 4.79 Å². The van der Waals surface area contributed by atoms with Crippen LogP contribution in [0.25, 0.3) is 0 Å². The minimum Gasteiger partial charge on any atom is -0.493 e. The second-order valence-corrected chi connectivity index (χ2v) is 5.19. The summed E-state index contributed by atoms with van der Waals surface area (Å²) < 4.78 is 10.6. The molecule has 122 valence electrons. The average Bonchev–Trinajstić information content (AvgIpc) is 2.57. The molecule has 0 aromatic heterocycles. The highest BCUT2D eigenvalue weighted by Crippen LogP contribution is 2.25. The molecule has 2 N–H and O–H groups in total. The number of ether oxygens (including phenoxy) is 2. The topological polar surface area (TPSA) is 59.6 Å². The summed E-state index contributed by atoms with van der Waals surface area (Å²) in [6, 6.07) is 14.5. The van der Waals surface area contributed by atoms with Crippen molar-refractivity contribution in [3.63, 3.8) is 0 Å². The number of nitrogens with one attached hydrogen (secondary N) is 2. The van der Waals surface area contributed by atoms with Crippen LogP contribution >= 0.6 is 11.6 Å². The molecule has 0 fully saturated rings. The lowest BCUT2D eigenvalue weighted by molar-refractivity contribution is 0.221. The second-order valence-electron chi connectivity index (χ2n) is 4.75. The zero-order valence-electron chi connectivity index (χ0n) is 12.8. The number of amides is 2. The SMILES string of the molecule is COc1ccccc1OCNC(=O)NCCc1ccc(Cl)cc1. The third-order valence-corrected chi connectivity index (χ3v) is 3.39. The summed E-state index contributed by atoms with van der Waals surface area (Å²) in [5.74, 6) is 1.20. The maximum Gasteiger partial charge on any atom is 0.317 e. The van der Waals surface area contributed by atoms with Crippen LogP contribution in [0, 0.1) is 0 Å². The molecule has 0 aliphatic carbocycles. The minimum absolute atomic E-state index is 0.0627. The van der Waals surface area contributed by atoms with E-state index in [2.05, 4.69) is 10.6 Å². The van der Waals surface area contributed by atoms with E-state index in [1.165, 1.54) is 0 Å². The van der Waals surface area contributed by atoms with Gasteiger partial charge in [-0.2, -0.15) is 0 Å². The summed E-state index contributed by atoms with van der Waals surface area (Å²) in [7, 11) is 1.57. The number of rotatable bonds is 7. The molecule has 0 radical (unpaired) electrons. The van der Waals surface area contributed by atoms with Crippen molar-refractivity contribution in [1.82, 2.24) is 10.6 Å². The zero-order valence-corrected chi connectivity index (χ0v) is 13.6. The average molecular weight is 335 g/mol. The molecule has 2 aromatic carbocycles. The van der Waals surface area contributed by atoms with Crippen molar-refractivity contribution in [1.29, 1.82) is 0 Å². The van der Waals surface area contributed by atoms with E-state index in [4.69, 9.17) is 21.1 Å². The monoisotopic (exact) mass is 334 g/mol. The summed E-state index contributed by atoms with van der Waals surface area (Å²) in [6.45, 7) is 0.593. The highest BCUT2D eigenvalue weighted by atomic mass is 35.5. The normalized spacial score (nSPS) is 10.0. The van der Waals surface area contributed by atoms with Gasteiger partial charge < -0.3 is 20.1 Å². The zero-order chi connectivity index (χ0) is 16.5. The lowest BCUT2D eigenvalue weighted by atomic mass is 10.1. The molecule has 0 saturated carbocycles. The van der Waals surface area contributed by atoms with Crippen LogP contribution in [0.15, 0.2) is 48.5 Å². The quantitative estimate of drug-likeness (QED) is 0.764.